The van der Waals surface area contributed by atoms with Gasteiger partial charge in [-0.1, -0.05) is 0 Å². The molecule has 9 N–H and O–H groups in total. The van der Waals surface area contributed by atoms with E-state index in [9.17, 15) is 39.6 Å². The molecule has 19 nitrogen and oxygen atoms in total. The first kappa shape index (κ1) is 32.4. The molecule has 46 heavy (non-hydrogen) atoms. The van der Waals surface area contributed by atoms with Gasteiger partial charge in [-0.3, -0.25) is 10.3 Å². The molecule has 0 spiro atoms. The highest BCUT2D eigenvalue weighted by Gasteiger charge is 2.30. The van der Waals surface area contributed by atoms with Gasteiger partial charge in [0.1, 0.15) is 23.3 Å². The van der Waals surface area contributed by atoms with Crippen LogP contribution in [0.3, 0.4) is 0 Å². The Bertz CT molecular complexity index is 1850. The zero-order chi connectivity index (χ0) is 34.2. The van der Waals surface area contributed by atoms with Gasteiger partial charge in [-0.05, 0) is 0 Å². The molecule has 4 aromatic rings. The average molecular weight is 640 g/mol. The number of anilines is 8. The third kappa shape index (κ3) is 6.09. The minimum atomic E-state index is -1.45. The van der Waals surface area contributed by atoms with E-state index in [4.69, 9.17) is 16.9 Å². The van der Waals surface area contributed by atoms with Crippen molar-refractivity contribution in [1.29, 1.82) is 5.41 Å². The molecule has 244 valence electrons. The van der Waals surface area contributed by atoms with Crippen molar-refractivity contribution in [1.82, 2.24) is 18.3 Å². The Morgan fingerprint density at radius 2 is 0.978 bits per heavy atom. The molecule has 0 aromatic carbocycles. The topological polar surface area (TPSA) is 258 Å². The molecule has 0 aliphatic rings. The standard InChI is InChI=1S/C27H33N11O8/c1-31-11-15(28)7-21(31)36(25(41)42)17-9-23(33(3)13-17)38(27(45)46)18-10-22(34(4)14-18)37(26(43)44)16-8-20(32(2)12-16)35(24(39)40)6-5-19(29)30/h7-14H,5-6,28H2,1-4H3,(H3,29,30)(H,39,40)(H,41,42)(H,43,44)(H,45,46). The third-order valence-corrected chi connectivity index (χ3v) is 7.04. The SMILES string of the molecule is Cn1cc(N(C(=O)O)c2cc(N(C(=O)O)c3cc(N(C(=O)O)c4cc(N)cn4C)cn3C)cn2C)cc1N(CCC(=N)N)C(=O)O. The van der Waals surface area contributed by atoms with Gasteiger partial charge in [-0.15, -0.1) is 0 Å². The van der Waals surface area contributed by atoms with Crippen molar-refractivity contribution in [3.8, 4) is 0 Å². The van der Waals surface area contributed by atoms with E-state index in [0.29, 0.717) is 5.69 Å². The number of carbonyl (C=O) groups is 4. The van der Waals surface area contributed by atoms with Gasteiger partial charge in [0.2, 0.25) is 0 Å². The molecular formula is C27H33N11O8. The summed E-state index contributed by atoms with van der Waals surface area (Å²) < 4.78 is 5.67. The van der Waals surface area contributed by atoms with Crippen molar-refractivity contribution in [3.05, 3.63) is 49.1 Å². The number of nitrogens with zero attached hydrogens (tertiary/aromatic N) is 8. The second-order valence-corrected chi connectivity index (χ2v) is 10.3. The lowest BCUT2D eigenvalue weighted by Crippen LogP contribution is -2.33. The molecule has 0 atom stereocenters. The molecule has 0 aliphatic heterocycles. The zero-order valence-electron chi connectivity index (χ0n) is 25.2. The zero-order valence-corrected chi connectivity index (χ0v) is 25.2. The Hall–Kier alpha value is -6.53. The average Bonchev–Trinajstić information content (AvgIpc) is 3.67. The smallest absolute Gasteiger partial charge is 0.417 e. The number of nitrogen functional groups attached to an aromatic ring is 1. The summed E-state index contributed by atoms with van der Waals surface area (Å²) in [6, 6.07) is 5.43. The lowest BCUT2D eigenvalue weighted by atomic mass is 10.3. The van der Waals surface area contributed by atoms with Crippen LogP contribution in [0.15, 0.2) is 49.1 Å². The van der Waals surface area contributed by atoms with Crippen LogP contribution in [-0.2, 0) is 28.2 Å². The first-order valence-corrected chi connectivity index (χ1v) is 13.3. The molecule has 4 amide bonds. The van der Waals surface area contributed by atoms with Gasteiger partial charge < -0.3 is 50.2 Å². The van der Waals surface area contributed by atoms with Crippen LogP contribution in [0.4, 0.5) is 65.2 Å². The van der Waals surface area contributed by atoms with Crippen LogP contribution in [0.5, 0.6) is 0 Å². The third-order valence-electron chi connectivity index (χ3n) is 7.04. The molecular weight excluding hydrogens is 606 g/mol. The number of rotatable bonds is 10. The first-order valence-electron chi connectivity index (χ1n) is 13.3. The molecule has 0 saturated heterocycles. The van der Waals surface area contributed by atoms with Gasteiger partial charge in [-0.2, -0.15) is 0 Å². The number of nitrogens with two attached hydrogens (primary N) is 2. The second-order valence-electron chi connectivity index (χ2n) is 10.3. The highest BCUT2D eigenvalue weighted by Crippen LogP contribution is 2.38. The van der Waals surface area contributed by atoms with Gasteiger partial charge in [0, 0.05) is 90.2 Å². The number of aryl methyl sites for hydroxylation is 4. The minimum Gasteiger partial charge on any atom is -0.465 e. The number of hydrogen-bond acceptors (Lipinski definition) is 6. The molecule has 0 bridgehead atoms. The predicted octanol–water partition coefficient (Wildman–Crippen LogP) is 3.88. The maximum absolute atomic E-state index is 12.6. The van der Waals surface area contributed by atoms with E-state index in [2.05, 4.69) is 0 Å². The van der Waals surface area contributed by atoms with E-state index in [1.165, 1.54) is 88.5 Å². The second kappa shape index (κ2) is 12.2. The Morgan fingerprint density at radius 1 is 0.630 bits per heavy atom. The fraction of sp³-hybridized carbons (Fsp3) is 0.222. The van der Waals surface area contributed by atoms with Crippen molar-refractivity contribution in [2.24, 2.45) is 33.9 Å². The summed E-state index contributed by atoms with van der Waals surface area (Å²) in [5.41, 5.74) is 11.7. The van der Waals surface area contributed by atoms with Gasteiger partial charge in [-0.25, -0.2) is 33.9 Å². The molecule has 0 aliphatic carbocycles. The number of nitrogens with one attached hydrogen (secondary N) is 1. The van der Waals surface area contributed by atoms with Crippen LogP contribution in [0, 0.1) is 5.41 Å². The molecule has 19 heteroatoms. The first-order chi connectivity index (χ1) is 21.5. The number of amides is 4. The number of amidine groups is 1. The molecule has 0 unspecified atom stereocenters. The van der Waals surface area contributed by atoms with E-state index in [-0.39, 0.29) is 59.1 Å². The molecule has 4 aromatic heterocycles. The van der Waals surface area contributed by atoms with Gasteiger partial charge in [0.25, 0.3) is 0 Å². The summed E-state index contributed by atoms with van der Waals surface area (Å²) in [4.78, 5) is 53.0. The maximum Gasteiger partial charge on any atom is 0.417 e. The number of carboxylic acid groups (broad SMARTS) is 4. The quantitative estimate of drug-likeness (QED) is 0.0972. The summed E-state index contributed by atoms with van der Waals surface area (Å²) in [5, 5.41) is 47.6. The van der Waals surface area contributed by atoms with Crippen LogP contribution < -0.4 is 31.1 Å². The Kier molecular flexibility index (Phi) is 8.61. The van der Waals surface area contributed by atoms with Crippen molar-refractivity contribution >= 4 is 76.2 Å². The van der Waals surface area contributed by atoms with Gasteiger partial charge >= 0.3 is 24.4 Å². The lowest BCUT2D eigenvalue weighted by molar-refractivity contribution is 0.201. The number of aromatic nitrogens is 4. The molecule has 0 radical (unpaired) electrons. The summed E-state index contributed by atoms with van der Waals surface area (Å²) in [6.07, 6.45) is 0.0813. The molecule has 4 rings (SSSR count). The van der Waals surface area contributed by atoms with E-state index < -0.39 is 24.4 Å². The monoisotopic (exact) mass is 639 g/mol. The Labute approximate surface area is 261 Å². The van der Waals surface area contributed by atoms with Gasteiger partial charge in [0.15, 0.2) is 0 Å². The number of hydrogen-bond donors (Lipinski definition) is 7. The Balaban J connectivity index is 1.76. The Morgan fingerprint density at radius 3 is 1.30 bits per heavy atom. The lowest BCUT2D eigenvalue weighted by Gasteiger charge is -2.20. The predicted molar refractivity (Wildman–Crippen MR) is 168 cm³/mol. The summed E-state index contributed by atoms with van der Waals surface area (Å²) >= 11 is 0. The van der Waals surface area contributed by atoms with E-state index in [1.54, 1.807) is 7.05 Å². The fourth-order valence-electron chi connectivity index (χ4n) is 5.05. The van der Waals surface area contributed by atoms with Crippen molar-refractivity contribution in [2.75, 3.05) is 31.9 Å². The van der Waals surface area contributed by atoms with Crippen molar-refractivity contribution < 1.29 is 39.6 Å². The van der Waals surface area contributed by atoms with Crippen molar-refractivity contribution in [3.63, 3.8) is 0 Å². The van der Waals surface area contributed by atoms with E-state index >= 15 is 0 Å². The highest BCUT2D eigenvalue weighted by atomic mass is 16.4. The summed E-state index contributed by atoms with van der Waals surface area (Å²) in [7, 11) is 6.14. The van der Waals surface area contributed by atoms with Crippen LogP contribution in [0.2, 0.25) is 0 Å². The van der Waals surface area contributed by atoms with Crippen LogP contribution in [0.1, 0.15) is 6.42 Å². The fourth-order valence-corrected chi connectivity index (χ4v) is 5.05. The van der Waals surface area contributed by atoms with Crippen LogP contribution in [-0.4, -0.2) is 75.4 Å². The largest absolute Gasteiger partial charge is 0.465 e. The van der Waals surface area contributed by atoms with E-state index in [1.807, 2.05) is 0 Å². The highest BCUT2D eigenvalue weighted by molar-refractivity contribution is 6.01. The molecule has 0 saturated carbocycles. The maximum atomic E-state index is 12.6. The van der Waals surface area contributed by atoms with E-state index in [0.717, 1.165) is 19.6 Å². The van der Waals surface area contributed by atoms with Crippen molar-refractivity contribution in [2.45, 2.75) is 6.42 Å². The van der Waals surface area contributed by atoms with Gasteiger partial charge in [0.05, 0.1) is 28.6 Å². The normalized spacial score (nSPS) is 10.9. The van der Waals surface area contributed by atoms with Crippen LogP contribution >= 0.6 is 0 Å². The van der Waals surface area contributed by atoms with Crippen LogP contribution in [0.25, 0.3) is 0 Å². The minimum absolute atomic E-state index is 0.0115. The molecule has 0 fully saturated rings. The summed E-state index contributed by atoms with van der Waals surface area (Å²) in [5.74, 6) is 0.152. The molecule has 4 heterocycles. The summed E-state index contributed by atoms with van der Waals surface area (Å²) in [6.45, 7) is -0.146.